The second kappa shape index (κ2) is 10.1. The first-order valence-electron chi connectivity index (χ1n) is 11.2. The van der Waals surface area contributed by atoms with Gasteiger partial charge in [-0.25, -0.2) is 0 Å². The van der Waals surface area contributed by atoms with Crippen LogP contribution in [0.2, 0.25) is 0 Å². The smallest absolute Gasteiger partial charge is 0.124 e. The van der Waals surface area contributed by atoms with E-state index in [2.05, 4.69) is 48.5 Å². The highest BCUT2D eigenvalue weighted by Crippen LogP contribution is 2.41. The number of anilines is 1. The van der Waals surface area contributed by atoms with Crippen LogP contribution in [0.15, 0.2) is 41.3 Å². The number of fused-ring (bicyclic) bond motifs is 1. The van der Waals surface area contributed by atoms with Crippen LogP contribution < -0.4 is 9.04 Å². The molecule has 0 amide bonds. The van der Waals surface area contributed by atoms with Crippen LogP contribution in [-0.4, -0.2) is 31.5 Å². The van der Waals surface area contributed by atoms with Gasteiger partial charge in [-0.1, -0.05) is 26.0 Å². The van der Waals surface area contributed by atoms with Crippen LogP contribution in [0.3, 0.4) is 0 Å². The first-order chi connectivity index (χ1) is 14.7. The fraction of sp³-hybridized carbons (Fsp3) is 0.520. The van der Waals surface area contributed by atoms with E-state index in [-0.39, 0.29) is 6.61 Å². The average Bonchev–Trinajstić information content (AvgIpc) is 2.80. The molecule has 2 aliphatic rings. The number of benzene rings is 2. The average molecular weight is 428 g/mol. The molecule has 2 aromatic carbocycles. The molecule has 2 aromatic rings. The van der Waals surface area contributed by atoms with E-state index in [1.807, 2.05) is 6.07 Å². The summed E-state index contributed by atoms with van der Waals surface area (Å²) in [5.41, 5.74) is 5.04. The zero-order chi connectivity index (χ0) is 20.9. The van der Waals surface area contributed by atoms with Crippen molar-refractivity contribution in [3.63, 3.8) is 0 Å². The number of hydrogen-bond donors (Lipinski definition) is 1. The molecule has 4 rings (SSSR count). The zero-order valence-electron chi connectivity index (χ0n) is 18.1. The minimum atomic E-state index is -0.00894. The Kier molecular flexibility index (Phi) is 7.24. The van der Waals surface area contributed by atoms with Crippen molar-refractivity contribution in [1.82, 2.24) is 0 Å². The predicted molar refractivity (Wildman–Crippen MR) is 123 cm³/mol. The topological polar surface area (TPSA) is 41.9 Å². The Hall–Kier alpha value is -1.69. The second-order valence-corrected chi connectivity index (χ2v) is 9.52. The van der Waals surface area contributed by atoms with E-state index >= 15 is 0 Å². The third-order valence-electron chi connectivity index (χ3n) is 6.30. The lowest BCUT2D eigenvalue weighted by molar-refractivity contribution is 0.0494. The quantitative estimate of drug-likeness (QED) is 0.585. The normalized spacial score (nSPS) is 19.6. The Bertz CT molecular complexity index is 850. The lowest BCUT2D eigenvalue weighted by atomic mass is 9.91. The maximum Gasteiger partial charge on any atom is 0.124 e. The first-order valence-corrected chi connectivity index (χ1v) is 12.0. The highest BCUT2D eigenvalue weighted by molar-refractivity contribution is 8.00. The van der Waals surface area contributed by atoms with Gasteiger partial charge in [-0.15, -0.1) is 0 Å². The van der Waals surface area contributed by atoms with Crippen molar-refractivity contribution in [2.24, 2.45) is 5.92 Å². The fourth-order valence-electron chi connectivity index (χ4n) is 4.25. The van der Waals surface area contributed by atoms with Crippen LogP contribution in [0.1, 0.15) is 55.7 Å². The number of aliphatic hydroxyl groups excluding tert-OH is 1. The Morgan fingerprint density at radius 3 is 2.73 bits per heavy atom. The summed E-state index contributed by atoms with van der Waals surface area (Å²) in [6.45, 7) is 7.91. The van der Waals surface area contributed by atoms with Gasteiger partial charge in [-0.05, 0) is 84.9 Å². The standard InChI is InChI=1S/C25H33NO3S/c1-3-19-4-6-24-23(14-19)18(2)8-11-26(24)30-22-5-7-25(21(15-22)16-27)29-17-20-9-12-28-13-10-20/h4-7,14-15,18,20,27H,3,8-13,16-17H2,1-2H3. The molecule has 0 aromatic heterocycles. The van der Waals surface area contributed by atoms with Gasteiger partial charge in [0, 0.05) is 30.2 Å². The molecule has 5 heteroatoms. The molecule has 2 heterocycles. The zero-order valence-corrected chi connectivity index (χ0v) is 18.9. The van der Waals surface area contributed by atoms with E-state index in [9.17, 15) is 5.11 Å². The highest BCUT2D eigenvalue weighted by Gasteiger charge is 2.24. The Labute approximate surface area is 184 Å². The van der Waals surface area contributed by atoms with Crippen LogP contribution in [0.4, 0.5) is 5.69 Å². The number of rotatable bonds is 7. The second-order valence-electron chi connectivity index (χ2n) is 8.42. The first kappa shape index (κ1) is 21.5. The summed E-state index contributed by atoms with van der Waals surface area (Å²) in [4.78, 5) is 1.14. The molecular formula is C25H33NO3S. The van der Waals surface area contributed by atoms with Gasteiger partial charge in [0.15, 0.2) is 0 Å². The van der Waals surface area contributed by atoms with E-state index in [0.717, 1.165) is 61.7 Å². The number of hydrogen-bond acceptors (Lipinski definition) is 5. The number of ether oxygens (including phenoxy) is 2. The number of nitrogens with zero attached hydrogens (tertiary/aromatic N) is 1. The molecule has 0 saturated carbocycles. The van der Waals surface area contributed by atoms with Crippen molar-refractivity contribution in [2.75, 3.05) is 30.7 Å². The van der Waals surface area contributed by atoms with Gasteiger partial charge in [0.05, 0.1) is 18.9 Å². The molecule has 0 spiro atoms. The van der Waals surface area contributed by atoms with Crippen molar-refractivity contribution >= 4 is 17.6 Å². The SMILES string of the molecule is CCc1ccc2c(c1)C(C)CCN2Sc1ccc(OCC2CCOCC2)c(CO)c1. The van der Waals surface area contributed by atoms with Gasteiger partial charge in [0.2, 0.25) is 0 Å². The maximum absolute atomic E-state index is 9.91. The van der Waals surface area contributed by atoms with E-state index in [1.54, 1.807) is 11.9 Å². The summed E-state index contributed by atoms with van der Waals surface area (Å²) in [6.07, 6.45) is 4.33. The van der Waals surface area contributed by atoms with Crippen LogP contribution in [0, 0.1) is 5.92 Å². The molecule has 0 bridgehead atoms. The Morgan fingerprint density at radius 1 is 1.13 bits per heavy atom. The molecule has 4 nitrogen and oxygen atoms in total. The molecule has 1 N–H and O–H groups in total. The molecule has 162 valence electrons. The molecule has 1 atom stereocenters. The van der Waals surface area contributed by atoms with Crippen LogP contribution >= 0.6 is 11.9 Å². The molecule has 1 fully saturated rings. The van der Waals surface area contributed by atoms with Crippen molar-refractivity contribution in [1.29, 1.82) is 0 Å². The van der Waals surface area contributed by atoms with Gasteiger partial charge < -0.3 is 18.9 Å². The molecule has 0 aliphatic carbocycles. The maximum atomic E-state index is 9.91. The van der Waals surface area contributed by atoms with Crippen molar-refractivity contribution in [3.8, 4) is 5.75 Å². The van der Waals surface area contributed by atoms with Crippen molar-refractivity contribution < 1.29 is 14.6 Å². The van der Waals surface area contributed by atoms with Crippen LogP contribution in [0.5, 0.6) is 5.75 Å². The fourth-order valence-corrected chi connectivity index (χ4v) is 5.29. The molecular weight excluding hydrogens is 394 g/mol. The van der Waals surface area contributed by atoms with E-state index in [4.69, 9.17) is 9.47 Å². The highest BCUT2D eigenvalue weighted by atomic mass is 32.2. The van der Waals surface area contributed by atoms with Crippen molar-refractivity contribution in [3.05, 3.63) is 53.1 Å². The van der Waals surface area contributed by atoms with Gasteiger partial charge in [0.25, 0.3) is 0 Å². The van der Waals surface area contributed by atoms with Gasteiger partial charge in [0.1, 0.15) is 5.75 Å². The summed E-state index contributed by atoms with van der Waals surface area (Å²) < 4.78 is 13.9. The Morgan fingerprint density at radius 2 is 1.97 bits per heavy atom. The predicted octanol–water partition coefficient (Wildman–Crippen LogP) is 5.57. The summed E-state index contributed by atoms with van der Waals surface area (Å²) in [5, 5.41) is 9.91. The monoisotopic (exact) mass is 427 g/mol. The lowest BCUT2D eigenvalue weighted by Crippen LogP contribution is -2.24. The molecule has 0 radical (unpaired) electrons. The summed E-state index contributed by atoms with van der Waals surface area (Å²) in [6, 6.07) is 13.1. The third kappa shape index (κ3) is 4.96. The molecule has 2 aliphatic heterocycles. The van der Waals surface area contributed by atoms with Gasteiger partial charge >= 0.3 is 0 Å². The van der Waals surface area contributed by atoms with E-state index in [1.165, 1.54) is 16.8 Å². The largest absolute Gasteiger partial charge is 0.493 e. The van der Waals surface area contributed by atoms with Crippen LogP contribution in [-0.2, 0) is 17.8 Å². The molecule has 1 saturated heterocycles. The third-order valence-corrected chi connectivity index (χ3v) is 7.36. The summed E-state index contributed by atoms with van der Waals surface area (Å²) in [7, 11) is 0. The minimum Gasteiger partial charge on any atom is -0.493 e. The van der Waals surface area contributed by atoms with Crippen LogP contribution in [0.25, 0.3) is 0 Å². The summed E-state index contributed by atoms with van der Waals surface area (Å²) >= 11 is 1.76. The lowest BCUT2D eigenvalue weighted by Gasteiger charge is -2.34. The number of aliphatic hydroxyl groups is 1. The van der Waals surface area contributed by atoms with Crippen molar-refractivity contribution in [2.45, 2.75) is 57.0 Å². The van der Waals surface area contributed by atoms with Gasteiger partial charge in [-0.3, -0.25) is 0 Å². The van der Waals surface area contributed by atoms with E-state index < -0.39 is 0 Å². The Balaban J connectivity index is 1.46. The molecule has 30 heavy (non-hydrogen) atoms. The number of aryl methyl sites for hydroxylation is 1. The minimum absolute atomic E-state index is 0.00894. The van der Waals surface area contributed by atoms with Gasteiger partial charge in [-0.2, -0.15) is 0 Å². The molecule has 1 unspecified atom stereocenters. The summed E-state index contributed by atoms with van der Waals surface area (Å²) in [5.74, 6) is 1.94. The van der Waals surface area contributed by atoms with E-state index in [0.29, 0.717) is 18.4 Å².